The Balaban J connectivity index is 1.78. The lowest BCUT2D eigenvalue weighted by Gasteiger charge is -2.25. The van der Waals surface area contributed by atoms with Crippen molar-refractivity contribution in [2.75, 3.05) is 24.5 Å². The van der Waals surface area contributed by atoms with Gasteiger partial charge in [0.25, 0.3) is 0 Å². The summed E-state index contributed by atoms with van der Waals surface area (Å²) in [6.45, 7) is 6.03. The van der Waals surface area contributed by atoms with Gasteiger partial charge in [-0.05, 0) is 43.4 Å². The highest BCUT2D eigenvalue weighted by atomic mass is 35.5. The molecule has 0 bridgehead atoms. The van der Waals surface area contributed by atoms with E-state index in [9.17, 15) is 5.11 Å². The first-order valence-electron chi connectivity index (χ1n) is 8.11. The van der Waals surface area contributed by atoms with Crippen molar-refractivity contribution in [3.05, 3.63) is 28.8 Å². The third-order valence-electron chi connectivity index (χ3n) is 4.95. The van der Waals surface area contributed by atoms with Crippen LogP contribution in [0.1, 0.15) is 31.7 Å². The van der Waals surface area contributed by atoms with Gasteiger partial charge in [0.2, 0.25) is 0 Å². The molecule has 1 aromatic carbocycles. The Bertz CT molecular complexity index is 494. The number of nitrogens with one attached hydrogen (secondary N) is 1. The molecule has 0 radical (unpaired) electrons. The number of halogens is 1. The number of hydrogen-bond acceptors (Lipinski definition) is 3. The summed E-state index contributed by atoms with van der Waals surface area (Å²) >= 11 is 6.48. The molecule has 1 aliphatic carbocycles. The average molecular weight is 309 g/mol. The van der Waals surface area contributed by atoms with E-state index in [0.717, 1.165) is 50.5 Å². The number of fused-ring (bicyclic) bond motifs is 1. The number of hydrogen-bond donors (Lipinski definition) is 2. The maximum Gasteiger partial charge on any atom is 0.0642 e. The van der Waals surface area contributed by atoms with Gasteiger partial charge >= 0.3 is 0 Å². The molecule has 3 atom stereocenters. The second-order valence-corrected chi connectivity index (χ2v) is 6.81. The van der Waals surface area contributed by atoms with E-state index >= 15 is 0 Å². The van der Waals surface area contributed by atoms with Gasteiger partial charge < -0.3 is 15.3 Å². The molecule has 1 saturated heterocycles. The number of para-hydroxylation sites is 1. The van der Waals surface area contributed by atoms with E-state index in [0.29, 0.717) is 11.8 Å². The molecular weight excluding hydrogens is 284 g/mol. The summed E-state index contributed by atoms with van der Waals surface area (Å²) < 4.78 is 0. The van der Waals surface area contributed by atoms with Crippen LogP contribution in [-0.2, 0) is 6.54 Å². The molecule has 116 valence electrons. The molecule has 21 heavy (non-hydrogen) atoms. The molecule has 0 spiro atoms. The number of anilines is 1. The van der Waals surface area contributed by atoms with Crippen molar-refractivity contribution < 1.29 is 5.11 Å². The van der Waals surface area contributed by atoms with Crippen LogP contribution in [0.25, 0.3) is 0 Å². The molecule has 2 aliphatic rings. The predicted octanol–water partition coefficient (Wildman–Crippen LogP) is 3.05. The Labute approximate surface area is 132 Å². The molecule has 2 N–H and O–H groups in total. The van der Waals surface area contributed by atoms with E-state index in [4.69, 9.17) is 11.6 Å². The van der Waals surface area contributed by atoms with Gasteiger partial charge in [-0.2, -0.15) is 0 Å². The summed E-state index contributed by atoms with van der Waals surface area (Å²) in [7, 11) is 0. The van der Waals surface area contributed by atoms with Crippen LogP contribution in [0.3, 0.4) is 0 Å². The van der Waals surface area contributed by atoms with Crippen LogP contribution >= 0.6 is 11.6 Å². The number of benzene rings is 1. The highest BCUT2D eigenvalue weighted by Gasteiger charge is 2.42. The van der Waals surface area contributed by atoms with Crippen LogP contribution < -0.4 is 10.2 Å². The van der Waals surface area contributed by atoms with Crippen molar-refractivity contribution in [2.45, 2.75) is 38.8 Å². The van der Waals surface area contributed by atoms with Gasteiger partial charge in [0.15, 0.2) is 0 Å². The third-order valence-corrected chi connectivity index (χ3v) is 5.25. The Morgan fingerprint density at radius 2 is 2.19 bits per heavy atom. The van der Waals surface area contributed by atoms with Crippen molar-refractivity contribution in [2.24, 2.45) is 11.8 Å². The first-order valence-corrected chi connectivity index (χ1v) is 8.49. The highest BCUT2D eigenvalue weighted by Crippen LogP contribution is 2.42. The van der Waals surface area contributed by atoms with Crippen molar-refractivity contribution in [3.63, 3.8) is 0 Å². The van der Waals surface area contributed by atoms with E-state index in [2.05, 4.69) is 23.2 Å². The van der Waals surface area contributed by atoms with Crippen LogP contribution in [0, 0.1) is 11.8 Å². The molecule has 3 nitrogen and oxygen atoms in total. The smallest absolute Gasteiger partial charge is 0.0642 e. The Morgan fingerprint density at radius 3 is 2.95 bits per heavy atom. The SMILES string of the molecule is CCCNCc1cccc(Cl)c1N1CC2CCC(O)C2C1. The fraction of sp³-hybridized carbons (Fsp3) is 0.647. The fourth-order valence-corrected chi connectivity index (χ4v) is 4.19. The van der Waals surface area contributed by atoms with Gasteiger partial charge in [-0.3, -0.25) is 0 Å². The standard InChI is InChI=1S/C17H25ClN2O/c1-2-8-19-9-12-4-3-5-15(18)17(12)20-10-13-6-7-16(21)14(13)11-20/h3-5,13-14,16,19,21H,2,6-11H2,1H3. The summed E-state index contributed by atoms with van der Waals surface area (Å²) in [5.74, 6) is 1.06. The molecule has 1 aliphatic heterocycles. The molecule has 3 rings (SSSR count). The average Bonchev–Trinajstić information content (AvgIpc) is 3.02. The van der Waals surface area contributed by atoms with Crippen LogP contribution in [-0.4, -0.2) is 30.8 Å². The van der Waals surface area contributed by atoms with Gasteiger partial charge in [0, 0.05) is 25.6 Å². The maximum atomic E-state index is 10.1. The van der Waals surface area contributed by atoms with E-state index in [1.165, 1.54) is 11.3 Å². The molecule has 2 fully saturated rings. The zero-order chi connectivity index (χ0) is 14.8. The van der Waals surface area contributed by atoms with Gasteiger partial charge in [-0.1, -0.05) is 30.7 Å². The molecule has 1 aromatic rings. The molecule has 0 amide bonds. The third kappa shape index (κ3) is 3.05. The largest absolute Gasteiger partial charge is 0.393 e. The Morgan fingerprint density at radius 1 is 1.33 bits per heavy atom. The highest BCUT2D eigenvalue weighted by molar-refractivity contribution is 6.33. The minimum absolute atomic E-state index is 0.121. The van der Waals surface area contributed by atoms with Crippen molar-refractivity contribution in [1.29, 1.82) is 0 Å². The zero-order valence-electron chi connectivity index (χ0n) is 12.7. The number of aliphatic hydroxyl groups is 1. The van der Waals surface area contributed by atoms with Crippen LogP contribution in [0.2, 0.25) is 5.02 Å². The van der Waals surface area contributed by atoms with Crippen molar-refractivity contribution in [3.8, 4) is 0 Å². The molecule has 1 heterocycles. The van der Waals surface area contributed by atoms with Gasteiger partial charge in [-0.25, -0.2) is 0 Å². The Kier molecular flexibility index (Phi) is 4.72. The van der Waals surface area contributed by atoms with Crippen LogP contribution in [0.4, 0.5) is 5.69 Å². The second-order valence-electron chi connectivity index (χ2n) is 6.40. The van der Waals surface area contributed by atoms with Crippen LogP contribution in [0.15, 0.2) is 18.2 Å². The molecule has 4 heteroatoms. The first-order chi connectivity index (χ1) is 10.2. The lowest BCUT2D eigenvalue weighted by molar-refractivity contribution is 0.133. The monoisotopic (exact) mass is 308 g/mol. The van der Waals surface area contributed by atoms with Crippen molar-refractivity contribution in [1.82, 2.24) is 5.32 Å². The molecule has 1 saturated carbocycles. The zero-order valence-corrected chi connectivity index (χ0v) is 13.4. The van der Waals surface area contributed by atoms with Crippen LogP contribution in [0.5, 0.6) is 0 Å². The topological polar surface area (TPSA) is 35.5 Å². The maximum absolute atomic E-state index is 10.1. The molecular formula is C17H25ClN2O. The lowest BCUT2D eigenvalue weighted by atomic mass is 10.00. The van der Waals surface area contributed by atoms with Gasteiger partial charge in [-0.15, -0.1) is 0 Å². The summed E-state index contributed by atoms with van der Waals surface area (Å²) in [6.07, 6.45) is 3.13. The Hall–Kier alpha value is -0.770. The lowest BCUT2D eigenvalue weighted by Crippen LogP contribution is -2.26. The summed E-state index contributed by atoms with van der Waals surface area (Å²) in [4.78, 5) is 2.39. The number of aliphatic hydroxyl groups excluding tert-OH is 1. The van der Waals surface area contributed by atoms with E-state index in [1.54, 1.807) is 0 Å². The molecule has 0 aromatic heterocycles. The minimum Gasteiger partial charge on any atom is -0.393 e. The summed E-state index contributed by atoms with van der Waals surface area (Å²) in [5.41, 5.74) is 2.44. The summed E-state index contributed by atoms with van der Waals surface area (Å²) in [6, 6.07) is 6.17. The normalized spacial score (nSPS) is 28.1. The number of nitrogens with zero attached hydrogens (tertiary/aromatic N) is 1. The van der Waals surface area contributed by atoms with E-state index < -0.39 is 0 Å². The van der Waals surface area contributed by atoms with Crippen molar-refractivity contribution >= 4 is 17.3 Å². The van der Waals surface area contributed by atoms with Gasteiger partial charge in [0.1, 0.15) is 0 Å². The quantitative estimate of drug-likeness (QED) is 0.821. The van der Waals surface area contributed by atoms with E-state index in [1.807, 2.05) is 12.1 Å². The van der Waals surface area contributed by atoms with E-state index in [-0.39, 0.29) is 6.10 Å². The summed E-state index contributed by atoms with van der Waals surface area (Å²) in [5, 5.41) is 14.4. The molecule has 3 unspecified atom stereocenters. The van der Waals surface area contributed by atoms with Gasteiger partial charge in [0.05, 0.1) is 16.8 Å². The second kappa shape index (κ2) is 6.55. The predicted molar refractivity (Wildman–Crippen MR) is 87.9 cm³/mol. The fourth-order valence-electron chi connectivity index (χ4n) is 3.88. The number of rotatable bonds is 5. The minimum atomic E-state index is -0.121. The first kappa shape index (κ1) is 15.1.